The summed E-state index contributed by atoms with van der Waals surface area (Å²) in [6.45, 7) is 4.10. The summed E-state index contributed by atoms with van der Waals surface area (Å²) in [5.74, 6) is 1.11. The maximum Gasteiger partial charge on any atom is 0.136 e. The Morgan fingerprint density at radius 2 is 1.95 bits per heavy atom. The first kappa shape index (κ1) is 14.1. The van der Waals surface area contributed by atoms with Crippen molar-refractivity contribution in [3.8, 4) is 11.6 Å². The highest BCUT2D eigenvalue weighted by molar-refractivity contribution is 5.84. The van der Waals surface area contributed by atoms with Crippen molar-refractivity contribution in [2.24, 2.45) is 4.99 Å². The fraction of sp³-hybridized carbons (Fsp3) is 0.111. The van der Waals surface area contributed by atoms with Crippen molar-refractivity contribution in [1.29, 1.82) is 0 Å². The van der Waals surface area contributed by atoms with E-state index >= 15 is 0 Å². The molecule has 22 heavy (non-hydrogen) atoms. The molecule has 0 saturated carbocycles. The molecule has 1 N–H and O–H groups in total. The predicted molar refractivity (Wildman–Crippen MR) is 88.4 cm³/mol. The number of aryl methyl sites for hydroxylation is 1. The van der Waals surface area contributed by atoms with Crippen molar-refractivity contribution in [3.05, 3.63) is 71.7 Å². The highest BCUT2D eigenvalue weighted by Gasteiger charge is 2.09. The average molecular weight is 291 g/mol. The molecule has 0 aliphatic rings. The van der Waals surface area contributed by atoms with E-state index in [1.165, 1.54) is 0 Å². The van der Waals surface area contributed by atoms with Crippen molar-refractivity contribution in [1.82, 2.24) is 9.55 Å². The van der Waals surface area contributed by atoms with Crippen LogP contribution in [0.3, 0.4) is 0 Å². The molecule has 1 aromatic carbocycles. The third-order valence-electron chi connectivity index (χ3n) is 3.53. The monoisotopic (exact) mass is 291 g/mol. The zero-order valence-electron chi connectivity index (χ0n) is 12.6. The van der Waals surface area contributed by atoms with Crippen molar-refractivity contribution in [2.75, 3.05) is 0 Å². The first-order valence-electron chi connectivity index (χ1n) is 7.08. The summed E-state index contributed by atoms with van der Waals surface area (Å²) in [6.07, 6.45) is 3.60. The highest BCUT2D eigenvalue weighted by Crippen LogP contribution is 2.21. The summed E-state index contributed by atoms with van der Waals surface area (Å²) in [5, 5.41) is 9.48. The van der Waals surface area contributed by atoms with E-state index in [-0.39, 0.29) is 5.75 Å². The number of nitrogens with zero attached hydrogens (tertiary/aromatic N) is 3. The summed E-state index contributed by atoms with van der Waals surface area (Å²) in [6, 6.07) is 14.8. The van der Waals surface area contributed by atoms with Crippen LogP contribution in [0.5, 0.6) is 5.75 Å². The van der Waals surface area contributed by atoms with E-state index in [0.29, 0.717) is 0 Å². The van der Waals surface area contributed by atoms with Gasteiger partial charge in [0.25, 0.3) is 0 Å². The van der Waals surface area contributed by atoms with E-state index in [2.05, 4.69) is 20.6 Å². The molecule has 3 aromatic rings. The van der Waals surface area contributed by atoms with Crippen molar-refractivity contribution in [3.63, 3.8) is 0 Å². The number of hydrogen-bond acceptors (Lipinski definition) is 3. The molecule has 0 bridgehead atoms. The Hall–Kier alpha value is -2.88. The van der Waals surface area contributed by atoms with E-state index < -0.39 is 0 Å². The Balaban J connectivity index is 1.96. The van der Waals surface area contributed by atoms with Gasteiger partial charge in [0.2, 0.25) is 0 Å². The molecule has 110 valence electrons. The Morgan fingerprint density at radius 1 is 1.09 bits per heavy atom. The first-order chi connectivity index (χ1) is 10.6. The Morgan fingerprint density at radius 3 is 2.68 bits per heavy atom. The van der Waals surface area contributed by atoms with E-state index in [4.69, 9.17) is 0 Å². The minimum Gasteiger partial charge on any atom is -0.508 e. The number of benzene rings is 1. The van der Waals surface area contributed by atoms with Gasteiger partial charge in [-0.25, -0.2) is 4.98 Å². The SMILES string of the molecule is Cc1cc(C=Nc2cccc(O)c2)c(C)n1-c1ccccn1. The zero-order valence-corrected chi connectivity index (χ0v) is 12.6. The van der Waals surface area contributed by atoms with E-state index in [9.17, 15) is 5.11 Å². The van der Waals surface area contributed by atoms with Gasteiger partial charge in [-0.1, -0.05) is 12.1 Å². The van der Waals surface area contributed by atoms with E-state index in [1.54, 1.807) is 24.4 Å². The van der Waals surface area contributed by atoms with Crippen molar-refractivity contribution in [2.45, 2.75) is 13.8 Å². The summed E-state index contributed by atoms with van der Waals surface area (Å²) < 4.78 is 2.10. The van der Waals surface area contributed by atoms with E-state index in [1.807, 2.05) is 44.3 Å². The van der Waals surface area contributed by atoms with Crippen LogP contribution >= 0.6 is 0 Å². The van der Waals surface area contributed by atoms with Gasteiger partial charge in [-0.15, -0.1) is 0 Å². The van der Waals surface area contributed by atoms with Gasteiger partial charge in [0, 0.05) is 35.4 Å². The third kappa shape index (κ3) is 2.76. The van der Waals surface area contributed by atoms with Crippen LogP contribution in [0.4, 0.5) is 5.69 Å². The molecule has 3 rings (SSSR count). The number of hydrogen-bond donors (Lipinski definition) is 1. The van der Waals surface area contributed by atoms with Gasteiger partial charge >= 0.3 is 0 Å². The zero-order chi connectivity index (χ0) is 15.5. The third-order valence-corrected chi connectivity index (χ3v) is 3.53. The fourth-order valence-corrected chi connectivity index (χ4v) is 2.47. The first-order valence-corrected chi connectivity index (χ1v) is 7.08. The van der Waals surface area contributed by atoms with Gasteiger partial charge in [-0.3, -0.25) is 4.99 Å². The largest absolute Gasteiger partial charge is 0.508 e. The van der Waals surface area contributed by atoms with Gasteiger partial charge in [-0.05, 0) is 44.2 Å². The van der Waals surface area contributed by atoms with Gasteiger partial charge in [0.05, 0.1) is 5.69 Å². The van der Waals surface area contributed by atoms with Crippen LogP contribution in [0, 0.1) is 13.8 Å². The van der Waals surface area contributed by atoms with Crippen LogP contribution in [-0.4, -0.2) is 20.9 Å². The average Bonchev–Trinajstić information content (AvgIpc) is 2.80. The lowest BCUT2D eigenvalue weighted by atomic mass is 10.2. The number of phenols is 1. The molecule has 0 spiro atoms. The molecule has 0 saturated heterocycles. The number of phenolic OH excluding ortho intramolecular Hbond substituents is 1. The molecule has 0 unspecified atom stereocenters. The highest BCUT2D eigenvalue weighted by atomic mass is 16.3. The van der Waals surface area contributed by atoms with Crippen LogP contribution in [0.25, 0.3) is 5.82 Å². The summed E-state index contributed by atoms with van der Waals surface area (Å²) in [4.78, 5) is 8.83. The molecule has 4 nitrogen and oxygen atoms in total. The molecule has 2 aromatic heterocycles. The quantitative estimate of drug-likeness (QED) is 0.743. The molecule has 0 radical (unpaired) electrons. The summed E-state index contributed by atoms with van der Waals surface area (Å²) >= 11 is 0. The number of pyridine rings is 1. The molecule has 0 fully saturated rings. The van der Waals surface area contributed by atoms with Gasteiger partial charge < -0.3 is 9.67 Å². The number of rotatable bonds is 3. The van der Waals surface area contributed by atoms with Gasteiger partial charge in [-0.2, -0.15) is 0 Å². The van der Waals surface area contributed by atoms with Crippen molar-refractivity contribution >= 4 is 11.9 Å². The lowest BCUT2D eigenvalue weighted by Crippen LogP contribution is -2.01. The van der Waals surface area contributed by atoms with Gasteiger partial charge in [0.1, 0.15) is 11.6 Å². The second-order valence-electron chi connectivity index (χ2n) is 5.13. The predicted octanol–water partition coefficient (Wildman–Crippen LogP) is 3.95. The smallest absolute Gasteiger partial charge is 0.136 e. The molecule has 0 aliphatic heterocycles. The van der Waals surface area contributed by atoms with Gasteiger partial charge in [0.15, 0.2) is 0 Å². The second kappa shape index (κ2) is 5.85. The van der Waals surface area contributed by atoms with Crippen LogP contribution in [0.2, 0.25) is 0 Å². The Kier molecular flexibility index (Phi) is 3.74. The second-order valence-corrected chi connectivity index (χ2v) is 5.13. The minimum atomic E-state index is 0.216. The molecule has 0 aliphatic carbocycles. The Bertz CT molecular complexity index is 820. The summed E-state index contributed by atoms with van der Waals surface area (Å²) in [5.41, 5.74) is 3.95. The standard InChI is InChI=1S/C18H17N3O/c1-13-10-15(12-20-16-6-5-7-17(22)11-16)14(2)21(13)18-8-3-4-9-19-18/h3-12,22H,1-2H3. The van der Waals surface area contributed by atoms with E-state index in [0.717, 1.165) is 28.5 Å². The van der Waals surface area contributed by atoms with Crippen LogP contribution < -0.4 is 0 Å². The topological polar surface area (TPSA) is 50.4 Å². The van der Waals surface area contributed by atoms with Crippen LogP contribution in [0.1, 0.15) is 17.0 Å². The lowest BCUT2D eigenvalue weighted by molar-refractivity contribution is 0.475. The molecule has 2 heterocycles. The molecular weight excluding hydrogens is 274 g/mol. The van der Waals surface area contributed by atoms with Crippen LogP contribution in [-0.2, 0) is 0 Å². The minimum absolute atomic E-state index is 0.216. The summed E-state index contributed by atoms with van der Waals surface area (Å²) in [7, 11) is 0. The maximum absolute atomic E-state index is 9.48. The molecule has 0 amide bonds. The van der Waals surface area contributed by atoms with Crippen LogP contribution in [0.15, 0.2) is 59.7 Å². The fourth-order valence-electron chi connectivity index (χ4n) is 2.47. The maximum atomic E-state index is 9.48. The lowest BCUT2D eigenvalue weighted by Gasteiger charge is -2.07. The number of aliphatic imine (C=N–C) groups is 1. The van der Waals surface area contributed by atoms with Crippen molar-refractivity contribution < 1.29 is 5.11 Å². The normalized spacial score (nSPS) is 11.2. The molecule has 0 atom stereocenters. The molecular formula is C18H17N3O. The number of aromatic hydroxyl groups is 1. The molecule has 4 heteroatoms. The number of aromatic nitrogens is 2. The Labute approximate surface area is 129 Å².